The maximum absolute atomic E-state index is 8.85. The molecule has 0 aliphatic carbocycles. The largest absolute Gasteiger partial charge is 0.396 e. The monoisotopic (exact) mass is 202 g/mol. The van der Waals surface area contributed by atoms with Gasteiger partial charge in [-0.2, -0.15) is 5.10 Å². The van der Waals surface area contributed by atoms with E-state index < -0.39 is 0 Å². The van der Waals surface area contributed by atoms with Crippen molar-refractivity contribution in [1.82, 2.24) is 9.78 Å². The van der Waals surface area contributed by atoms with Gasteiger partial charge in [0.1, 0.15) is 0 Å². The summed E-state index contributed by atoms with van der Waals surface area (Å²) >= 11 is 6.09. The summed E-state index contributed by atoms with van der Waals surface area (Å²) in [6, 6.07) is 0. The van der Waals surface area contributed by atoms with Crippen molar-refractivity contribution >= 4 is 11.6 Å². The molecular weight excluding hydrogens is 188 g/mol. The lowest BCUT2D eigenvalue weighted by atomic mass is 10.2. The summed E-state index contributed by atoms with van der Waals surface area (Å²) in [6.07, 6.45) is 1.42. The Labute approximate surface area is 83.3 Å². The molecule has 0 saturated carbocycles. The first kappa shape index (κ1) is 10.5. The molecule has 0 radical (unpaired) electrons. The average molecular weight is 203 g/mol. The first-order valence-electron chi connectivity index (χ1n) is 4.59. The highest BCUT2D eigenvalue weighted by molar-refractivity contribution is 6.31. The zero-order chi connectivity index (χ0) is 9.84. The Morgan fingerprint density at radius 1 is 1.46 bits per heavy atom. The molecule has 0 saturated heterocycles. The van der Waals surface area contributed by atoms with Gasteiger partial charge < -0.3 is 5.11 Å². The minimum atomic E-state index is 0.120. The number of hydrogen-bond donors (Lipinski definition) is 1. The molecule has 3 nitrogen and oxygen atoms in total. The van der Waals surface area contributed by atoms with Crippen molar-refractivity contribution in [2.24, 2.45) is 0 Å². The molecule has 0 unspecified atom stereocenters. The average Bonchev–Trinajstić information content (AvgIpc) is 2.45. The molecule has 1 aromatic rings. The first-order valence-corrected chi connectivity index (χ1v) is 4.97. The van der Waals surface area contributed by atoms with Crippen molar-refractivity contribution < 1.29 is 5.11 Å². The lowest BCUT2D eigenvalue weighted by molar-refractivity contribution is 0.295. The fraction of sp³-hybridized carbons (Fsp3) is 0.667. The van der Waals surface area contributed by atoms with E-state index in [0.29, 0.717) is 6.42 Å². The van der Waals surface area contributed by atoms with Gasteiger partial charge in [0.2, 0.25) is 0 Å². The maximum atomic E-state index is 8.85. The molecule has 4 heteroatoms. The van der Waals surface area contributed by atoms with Crippen LogP contribution in [0.5, 0.6) is 0 Å². The molecule has 1 N–H and O–H groups in total. The Morgan fingerprint density at radius 3 is 2.62 bits per heavy atom. The van der Waals surface area contributed by atoms with Crippen molar-refractivity contribution in [1.29, 1.82) is 0 Å². The van der Waals surface area contributed by atoms with Crippen LogP contribution in [-0.2, 0) is 19.4 Å². The van der Waals surface area contributed by atoms with Gasteiger partial charge in [-0.3, -0.25) is 4.68 Å². The van der Waals surface area contributed by atoms with E-state index in [1.165, 1.54) is 0 Å². The molecule has 0 amide bonds. The smallest absolute Gasteiger partial charge is 0.0850 e. The van der Waals surface area contributed by atoms with Gasteiger partial charge in [0.25, 0.3) is 0 Å². The van der Waals surface area contributed by atoms with E-state index in [0.717, 1.165) is 29.4 Å². The number of rotatable bonds is 4. The summed E-state index contributed by atoms with van der Waals surface area (Å²) in [4.78, 5) is 0. The third kappa shape index (κ3) is 2.03. The van der Waals surface area contributed by atoms with Crippen molar-refractivity contribution in [3.05, 3.63) is 16.4 Å². The van der Waals surface area contributed by atoms with Crippen LogP contribution >= 0.6 is 11.6 Å². The SMILES string of the molecule is CCc1nn(CC)c(CCO)c1Cl. The fourth-order valence-electron chi connectivity index (χ4n) is 1.36. The molecule has 0 atom stereocenters. The maximum Gasteiger partial charge on any atom is 0.0850 e. The minimum absolute atomic E-state index is 0.120. The fourth-order valence-corrected chi connectivity index (χ4v) is 1.73. The number of aromatic nitrogens is 2. The Hall–Kier alpha value is -0.540. The molecule has 1 aromatic heterocycles. The molecular formula is C9H15ClN2O. The predicted octanol–water partition coefficient (Wildman–Crippen LogP) is 1.65. The van der Waals surface area contributed by atoms with Gasteiger partial charge in [-0.25, -0.2) is 0 Å². The summed E-state index contributed by atoms with van der Waals surface area (Å²) in [5.41, 5.74) is 1.87. The second-order valence-corrected chi connectivity index (χ2v) is 3.23. The van der Waals surface area contributed by atoms with Crippen molar-refractivity contribution in [2.75, 3.05) is 6.61 Å². The molecule has 0 aromatic carbocycles. The molecule has 13 heavy (non-hydrogen) atoms. The predicted molar refractivity (Wildman–Crippen MR) is 53.1 cm³/mol. The van der Waals surface area contributed by atoms with E-state index >= 15 is 0 Å². The van der Waals surface area contributed by atoms with E-state index in [-0.39, 0.29) is 6.61 Å². The molecule has 1 rings (SSSR count). The molecule has 0 fully saturated rings. The Bertz CT molecular complexity index is 283. The quantitative estimate of drug-likeness (QED) is 0.807. The van der Waals surface area contributed by atoms with Crippen LogP contribution in [0.2, 0.25) is 5.02 Å². The molecule has 0 aliphatic rings. The van der Waals surface area contributed by atoms with Crippen LogP contribution in [0, 0.1) is 0 Å². The third-order valence-corrected chi connectivity index (χ3v) is 2.48. The summed E-state index contributed by atoms with van der Waals surface area (Å²) in [5, 5.41) is 13.9. The zero-order valence-electron chi connectivity index (χ0n) is 8.05. The van der Waals surface area contributed by atoms with Crippen LogP contribution in [0.25, 0.3) is 0 Å². The Balaban J connectivity index is 3.05. The lowest BCUT2D eigenvalue weighted by Gasteiger charge is -2.01. The van der Waals surface area contributed by atoms with E-state index in [1.54, 1.807) is 0 Å². The summed E-state index contributed by atoms with van der Waals surface area (Å²) < 4.78 is 1.86. The molecule has 0 aliphatic heterocycles. The number of nitrogens with zero attached hydrogens (tertiary/aromatic N) is 2. The van der Waals surface area contributed by atoms with Gasteiger partial charge in [0.15, 0.2) is 0 Å². The third-order valence-electron chi connectivity index (χ3n) is 2.04. The van der Waals surface area contributed by atoms with Crippen LogP contribution < -0.4 is 0 Å². The standard InChI is InChI=1S/C9H15ClN2O/c1-3-7-9(10)8(5-6-13)12(4-2)11-7/h13H,3-6H2,1-2H3. The number of aliphatic hydroxyl groups excluding tert-OH is 1. The topological polar surface area (TPSA) is 38.0 Å². The first-order chi connectivity index (χ1) is 6.24. The second-order valence-electron chi connectivity index (χ2n) is 2.85. The van der Waals surface area contributed by atoms with Gasteiger partial charge in [-0.1, -0.05) is 18.5 Å². The Kier molecular flexibility index (Phi) is 3.75. The van der Waals surface area contributed by atoms with Gasteiger partial charge in [0.05, 0.1) is 16.4 Å². The molecule has 0 spiro atoms. The van der Waals surface area contributed by atoms with Crippen LogP contribution in [0.4, 0.5) is 0 Å². The second kappa shape index (κ2) is 4.63. The van der Waals surface area contributed by atoms with Crippen molar-refractivity contribution in [2.45, 2.75) is 33.2 Å². The summed E-state index contributed by atoms with van der Waals surface area (Å²) in [6.45, 7) is 4.96. The van der Waals surface area contributed by atoms with Crippen LogP contribution in [0.15, 0.2) is 0 Å². The van der Waals surface area contributed by atoms with E-state index in [9.17, 15) is 0 Å². The van der Waals surface area contributed by atoms with Crippen LogP contribution in [0.1, 0.15) is 25.2 Å². The van der Waals surface area contributed by atoms with Crippen molar-refractivity contribution in [3.8, 4) is 0 Å². The lowest BCUT2D eigenvalue weighted by Crippen LogP contribution is -2.04. The van der Waals surface area contributed by atoms with Crippen LogP contribution in [0.3, 0.4) is 0 Å². The number of hydrogen-bond acceptors (Lipinski definition) is 2. The highest BCUT2D eigenvalue weighted by Crippen LogP contribution is 2.21. The van der Waals surface area contributed by atoms with E-state index in [4.69, 9.17) is 16.7 Å². The number of aliphatic hydroxyl groups is 1. The van der Waals surface area contributed by atoms with E-state index in [2.05, 4.69) is 5.10 Å². The Morgan fingerprint density at radius 2 is 2.15 bits per heavy atom. The highest BCUT2D eigenvalue weighted by atomic mass is 35.5. The molecule has 74 valence electrons. The minimum Gasteiger partial charge on any atom is -0.396 e. The highest BCUT2D eigenvalue weighted by Gasteiger charge is 2.12. The van der Waals surface area contributed by atoms with Gasteiger partial charge in [0, 0.05) is 19.6 Å². The normalized spacial score (nSPS) is 10.8. The van der Waals surface area contributed by atoms with Gasteiger partial charge in [-0.15, -0.1) is 0 Å². The summed E-state index contributed by atoms with van der Waals surface area (Å²) in [7, 11) is 0. The van der Waals surface area contributed by atoms with Crippen LogP contribution in [-0.4, -0.2) is 21.5 Å². The number of halogens is 1. The zero-order valence-corrected chi connectivity index (χ0v) is 8.80. The van der Waals surface area contributed by atoms with Gasteiger partial charge >= 0.3 is 0 Å². The van der Waals surface area contributed by atoms with Crippen molar-refractivity contribution in [3.63, 3.8) is 0 Å². The van der Waals surface area contributed by atoms with Gasteiger partial charge in [-0.05, 0) is 13.3 Å². The summed E-state index contributed by atoms with van der Waals surface area (Å²) in [5.74, 6) is 0. The van der Waals surface area contributed by atoms with E-state index in [1.807, 2.05) is 18.5 Å². The molecule has 1 heterocycles. The number of aryl methyl sites for hydroxylation is 2. The molecule has 0 bridgehead atoms.